The molecule has 0 saturated heterocycles. The molecule has 0 amide bonds. The molecular weight excluding hydrogens is 824 g/mol. The fourth-order valence-electron chi connectivity index (χ4n) is 8.15. The summed E-state index contributed by atoms with van der Waals surface area (Å²) in [6.07, 6.45) is 25.0. The van der Waals surface area contributed by atoms with Crippen LogP contribution >= 0.6 is 7.60 Å². The van der Waals surface area contributed by atoms with Crippen LogP contribution in [0, 0.1) is 0 Å². The molecule has 3 aromatic carbocycles. The molecule has 0 aliphatic heterocycles. The number of aryl methyl sites for hydroxylation is 1. The molecular formula is C55H53N6O3P+6. The van der Waals surface area contributed by atoms with E-state index in [1.807, 2.05) is 36.7 Å². The van der Waals surface area contributed by atoms with Gasteiger partial charge in [-0.2, -0.15) is 0 Å². The predicted molar refractivity (Wildman–Crippen MR) is 249 cm³/mol. The molecule has 0 saturated carbocycles. The van der Waals surface area contributed by atoms with Crippen molar-refractivity contribution < 1.29 is 41.8 Å². The summed E-state index contributed by atoms with van der Waals surface area (Å²) in [5.74, 6) is 0. The van der Waals surface area contributed by atoms with Crippen LogP contribution in [0.2, 0.25) is 0 Å². The van der Waals surface area contributed by atoms with Crippen LogP contribution in [-0.4, -0.2) is 15.9 Å². The summed E-state index contributed by atoms with van der Waals surface area (Å²) in [6.45, 7) is 4.13. The molecule has 0 bridgehead atoms. The fourth-order valence-corrected chi connectivity index (χ4v) is 8.65. The van der Waals surface area contributed by atoms with Crippen LogP contribution in [0.3, 0.4) is 0 Å². The minimum absolute atomic E-state index is 0.184. The highest BCUT2D eigenvalue weighted by Gasteiger charge is 2.17. The van der Waals surface area contributed by atoms with Crippen LogP contribution in [0.4, 0.5) is 0 Å². The number of hydrogen-bond acceptors (Lipinski definition) is 1. The highest BCUT2D eigenvalue weighted by atomic mass is 31.2. The molecule has 0 fully saturated rings. The minimum atomic E-state index is -4.05. The van der Waals surface area contributed by atoms with Crippen molar-refractivity contribution in [1.29, 1.82) is 0 Å². The topological polar surface area (TPSA) is 80.8 Å². The highest BCUT2D eigenvalue weighted by molar-refractivity contribution is 7.51. The van der Waals surface area contributed by atoms with E-state index in [0.29, 0.717) is 6.54 Å². The zero-order valence-corrected chi connectivity index (χ0v) is 37.1. The van der Waals surface area contributed by atoms with E-state index in [4.69, 9.17) is 0 Å². The van der Waals surface area contributed by atoms with Crippen molar-refractivity contribution in [3.8, 4) is 33.4 Å². The second-order valence-corrected chi connectivity index (χ2v) is 18.4. The van der Waals surface area contributed by atoms with Gasteiger partial charge >= 0.3 is 7.60 Å². The van der Waals surface area contributed by atoms with Gasteiger partial charge in [-0.25, -0.2) is 27.4 Å². The summed E-state index contributed by atoms with van der Waals surface area (Å²) in [5, 5.41) is 0. The van der Waals surface area contributed by atoms with Crippen LogP contribution in [0.15, 0.2) is 226 Å². The summed E-state index contributed by atoms with van der Waals surface area (Å²) in [6, 6.07) is 53.7. The lowest BCUT2D eigenvalue weighted by atomic mass is 10.0. The molecule has 10 heteroatoms. The van der Waals surface area contributed by atoms with E-state index in [9.17, 15) is 14.4 Å². The Balaban J connectivity index is 0.912. The van der Waals surface area contributed by atoms with Gasteiger partial charge < -0.3 is 9.79 Å². The largest absolute Gasteiger partial charge is 0.331 e. The monoisotopic (exact) mass is 876 g/mol. The molecule has 320 valence electrons. The molecule has 0 radical (unpaired) electrons. The minimum Gasteiger partial charge on any atom is -0.324 e. The summed E-state index contributed by atoms with van der Waals surface area (Å²) < 4.78 is 24.2. The number of aromatic nitrogens is 6. The molecule has 0 atom stereocenters. The third-order valence-corrected chi connectivity index (χ3v) is 12.4. The molecule has 2 N–H and O–H groups in total. The van der Waals surface area contributed by atoms with Crippen molar-refractivity contribution in [2.45, 2.75) is 39.3 Å². The molecule has 0 spiro atoms. The lowest BCUT2D eigenvalue weighted by Crippen LogP contribution is -2.36. The van der Waals surface area contributed by atoms with Gasteiger partial charge in [0, 0.05) is 101 Å². The Hall–Kier alpha value is -7.29. The smallest absolute Gasteiger partial charge is 0.324 e. The normalized spacial score (nSPS) is 11.4. The number of pyridine rings is 6. The number of nitrogens with zero attached hydrogens (tertiary/aromatic N) is 6. The Morgan fingerprint density at radius 1 is 0.308 bits per heavy atom. The van der Waals surface area contributed by atoms with E-state index >= 15 is 0 Å². The van der Waals surface area contributed by atoms with Gasteiger partial charge in [-0.15, -0.1) is 0 Å². The molecule has 6 heterocycles. The SMILES string of the molecule is O=P(O)(O)CC[n+]1ccc(-c2cc[n+](Cc3cc(C[n+]4ccc(-c5cc[n+](Cc6ccccc6)cc5)cc4)cc(C[n+]4ccc(-c5cc[n+](Cc6ccccc6)cc5)cc4)c3)cc2)cc1. The Morgan fingerprint density at radius 3 is 0.785 bits per heavy atom. The predicted octanol–water partition coefficient (Wildman–Crippen LogP) is 6.83. The van der Waals surface area contributed by atoms with E-state index in [1.165, 1.54) is 50.1 Å². The quantitative estimate of drug-likeness (QED) is 0.0826. The van der Waals surface area contributed by atoms with Crippen molar-refractivity contribution in [2.24, 2.45) is 0 Å². The maximum Gasteiger partial charge on any atom is 0.331 e. The first-order chi connectivity index (χ1) is 31.7. The van der Waals surface area contributed by atoms with Gasteiger partial charge in [-0.3, -0.25) is 4.57 Å². The summed E-state index contributed by atoms with van der Waals surface area (Å²) in [4.78, 5) is 18.5. The van der Waals surface area contributed by atoms with Crippen LogP contribution in [-0.2, 0) is 43.8 Å². The van der Waals surface area contributed by atoms with Gasteiger partial charge in [0.15, 0.2) is 114 Å². The van der Waals surface area contributed by atoms with Crippen LogP contribution in [0.25, 0.3) is 33.4 Å². The van der Waals surface area contributed by atoms with E-state index in [2.05, 4.69) is 212 Å². The number of benzene rings is 3. The van der Waals surface area contributed by atoms with Crippen LogP contribution in [0.1, 0.15) is 27.8 Å². The molecule has 6 aromatic heterocycles. The Bertz CT molecular complexity index is 2850. The second-order valence-electron chi connectivity index (χ2n) is 16.6. The molecule has 9 aromatic rings. The molecule has 0 unspecified atom stereocenters. The fraction of sp³-hybridized carbons (Fsp3) is 0.127. The standard InChI is InChI=1S/C55H51N6O3P/c62-65(63,64)36-35-56-23-11-50(12-24-56)51-17-29-59(30-18-51)42-47-37-48(43-60-31-19-54(20-32-60)52-13-25-57(26-14-52)40-45-7-3-1-4-8-45)39-49(38-47)44-61-33-21-55(22-34-61)53-15-27-58(28-16-53)41-46-9-5-2-6-10-46/h1-34,37-39H,35-36,40-44H2/q+4/p+2. The third kappa shape index (κ3) is 12.0. The van der Waals surface area contributed by atoms with Crippen molar-refractivity contribution in [3.63, 3.8) is 0 Å². The maximum atomic E-state index is 11.3. The molecule has 65 heavy (non-hydrogen) atoms. The molecule has 0 aliphatic carbocycles. The first-order valence-electron chi connectivity index (χ1n) is 21.9. The third-order valence-electron chi connectivity index (χ3n) is 11.6. The van der Waals surface area contributed by atoms with E-state index in [-0.39, 0.29) is 12.7 Å². The van der Waals surface area contributed by atoms with Gasteiger partial charge in [0.25, 0.3) is 0 Å². The Kier molecular flexibility index (Phi) is 13.3. The van der Waals surface area contributed by atoms with Crippen molar-refractivity contribution >= 4 is 7.60 Å². The first kappa shape index (κ1) is 43.0. The van der Waals surface area contributed by atoms with Crippen molar-refractivity contribution in [2.75, 3.05) is 6.16 Å². The average Bonchev–Trinajstić information content (AvgIpc) is 3.33. The maximum absolute atomic E-state index is 11.3. The molecule has 0 aliphatic rings. The Morgan fingerprint density at radius 2 is 0.538 bits per heavy atom. The summed E-state index contributed by atoms with van der Waals surface area (Å²) >= 11 is 0. The average molecular weight is 877 g/mol. The zero-order valence-electron chi connectivity index (χ0n) is 36.2. The van der Waals surface area contributed by atoms with Gasteiger partial charge in [-0.1, -0.05) is 60.7 Å². The van der Waals surface area contributed by atoms with E-state index in [1.54, 1.807) is 4.57 Å². The van der Waals surface area contributed by atoms with Gasteiger partial charge in [0.2, 0.25) is 0 Å². The number of hydrogen-bond donors (Lipinski definition) is 2. The van der Waals surface area contributed by atoms with E-state index < -0.39 is 7.60 Å². The lowest BCUT2D eigenvalue weighted by molar-refractivity contribution is -0.692. The second kappa shape index (κ2) is 20.0. The highest BCUT2D eigenvalue weighted by Crippen LogP contribution is 2.33. The zero-order chi connectivity index (χ0) is 44.4. The number of rotatable bonds is 16. The first-order valence-corrected chi connectivity index (χ1v) is 23.7. The summed E-state index contributed by atoms with van der Waals surface area (Å²) in [7, 11) is -4.05. The van der Waals surface area contributed by atoms with Crippen molar-refractivity contribution in [3.05, 3.63) is 254 Å². The molecule has 9 nitrogen and oxygen atoms in total. The van der Waals surface area contributed by atoms with Gasteiger partial charge in [-0.05, 0) is 51.6 Å². The van der Waals surface area contributed by atoms with Crippen LogP contribution < -0.4 is 27.4 Å². The van der Waals surface area contributed by atoms with E-state index in [0.717, 1.165) is 37.3 Å². The van der Waals surface area contributed by atoms with Crippen molar-refractivity contribution in [1.82, 2.24) is 0 Å². The Labute approximate surface area is 380 Å². The molecule has 9 rings (SSSR count). The van der Waals surface area contributed by atoms with Gasteiger partial charge in [0.1, 0.15) is 6.16 Å². The summed E-state index contributed by atoms with van der Waals surface area (Å²) in [5.41, 5.74) is 13.1. The van der Waals surface area contributed by atoms with Crippen LogP contribution in [0.5, 0.6) is 0 Å². The van der Waals surface area contributed by atoms with Gasteiger partial charge in [0.05, 0.1) is 0 Å². The lowest BCUT2D eigenvalue weighted by Gasteiger charge is -2.08.